The Balaban J connectivity index is 1.89. The Morgan fingerprint density at radius 3 is 2.53 bits per heavy atom. The van der Waals surface area contributed by atoms with Crippen molar-refractivity contribution < 1.29 is 0 Å². The molecule has 2 rings (SSSR count). The van der Waals surface area contributed by atoms with E-state index in [0.29, 0.717) is 12.1 Å². The van der Waals surface area contributed by atoms with E-state index in [0.717, 1.165) is 13.0 Å². The summed E-state index contributed by atoms with van der Waals surface area (Å²) in [6.07, 6.45) is 3.53. The van der Waals surface area contributed by atoms with E-state index in [1.165, 1.54) is 18.4 Å². The van der Waals surface area contributed by atoms with Gasteiger partial charge in [-0.25, -0.2) is 0 Å². The zero-order valence-corrected chi connectivity index (χ0v) is 10.9. The standard InChI is InChI=1S/C15H24N2/c1-15(2,12-6-4-3-5-7-12)11-17-14-9-8-13(16)10-14/h3-7,13-14,17H,8-11,16H2,1-2H3. The van der Waals surface area contributed by atoms with Crippen LogP contribution in [0.15, 0.2) is 30.3 Å². The molecule has 17 heavy (non-hydrogen) atoms. The molecular formula is C15H24N2. The van der Waals surface area contributed by atoms with Crippen LogP contribution < -0.4 is 11.1 Å². The van der Waals surface area contributed by atoms with Gasteiger partial charge in [-0.1, -0.05) is 44.2 Å². The van der Waals surface area contributed by atoms with Gasteiger partial charge in [-0.3, -0.25) is 0 Å². The molecule has 2 unspecified atom stereocenters. The van der Waals surface area contributed by atoms with Crippen molar-refractivity contribution in [3.8, 4) is 0 Å². The minimum absolute atomic E-state index is 0.188. The van der Waals surface area contributed by atoms with E-state index in [2.05, 4.69) is 49.5 Å². The number of hydrogen-bond donors (Lipinski definition) is 2. The molecule has 1 aromatic carbocycles. The van der Waals surface area contributed by atoms with Crippen molar-refractivity contribution in [1.82, 2.24) is 5.32 Å². The summed E-state index contributed by atoms with van der Waals surface area (Å²) in [5, 5.41) is 3.67. The lowest BCUT2D eigenvalue weighted by Gasteiger charge is -2.27. The van der Waals surface area contributed by atoms with Gasteiger partial charge in [0.05, 0.1) is 0 Å². The van der Waals surface area contributed by atoms with Crippen LogP contribution in [0, 0.1) is 0 Å². The van der Waals surface area contributed by atoms with Crippen LogP contribution in [0.4, 0.5) is 0 Å². The molecule has 1 aliphatic carbocycles. The second-order valence-corrected chi connectivity index (χ2v) is 5.90. The normalized spacial score (nSPS) is 25.1. The van der Waals surface area contributed by atoms with Crippen LogP contribution >= 0.6 is 0 Å². The highest BCUT2D eigenvalue weighted by Gasteiger charge is 2.25. The maximum absolute atomic E-state index is 5.94. The fourth-order valence-electron chi connectivity index (χ4n) is 2.59. The molecule has 2 heteroatoms. The van der Waals surface area contributed by atoms with Gasteiger partial charge in [-0.05, 0) is 24.8 Å². The molecule has 1 saturated carbocycles. The molecule has 2 nitrogen and oxygen atoms in total. The molecule has 1 aromatic rings. The van der Waals surface area contributed by atoms with Crippen LogP contribution in [0.1, 0.15) is 38.7 Å². The summed E-state index contributed by atoms with van der Waals surface area (Å²) in [5.74, 6) is 0. The van der Waals surface area contributed by atoms with Crippen molar-refractivity contribution in [2.75, 3.05) is 6.54 Å². The molecule has 0 spiro atoms. The summed E-state index contributed by atoms with van der Waals surface area (Å²) in [7, 11) is 0. The van der Waals surface area contributed by atoms with Crippen molar-refractivity contribution >= 4 is 0 Å². The Morgan fingerprint density at radius 2 is 1.94 bits per heavy atom. The second-order valence-electron chi connectivity index (χ2n) is 5.90. The van der Waals surface area contributed by atoms with E-state index in [1.54, 1.807) is 0 Å². The fraction of sp³-hybridized carbons (Fsp3) is 0.600. The highest BCUT2D eigenvalue weighted by molar-refractivity contribution is 5.23. The average Bonchev–Trinajstić information content (AvgIpc) is 2.74. The third kappa shape index (κ3) is 3.30. The van der Waals surface area contributed by atoms with E-state index >= 15 is 0 Å². The fourth-order valence-corrected chi connectivity index (χ4v) is 2.59. The molecular weight excluding hydrogens is 208 g/mol. The monoisotopic (exact) mass is 232 g/mol. The predicted molar refractivity (Wildman–Crippen MR) is 73.1 cm³/mol. The lowest BCUT2D eigenvalue weighted by atomic mass is 9.84. The Kier molecular flexibility index (Phi) is 3.85. The van der Waals surface area contributed by atoms with Gasteiger partial charge in [0.2, 0.25) is 0 Å². The third-order valence-corrected chi connectivity index (χ3v) is 3.86. The van der Waals surface area contributed by atoms with Gasteiger partial charge in [0.15, 0.2) is 0 Å². The topological polar surface area (TPSA) is 38.0 Å². The molecule has 94 valence electrons. The maximum Gasteiger partial charge on any atom is 0.00827 e. The predicted octanol–water partition coefficient (Wildman–Crippen LogP) is 2.43. The van der Waals surface area contributed by atoms with Crippen LogP contribution in [0.3, 0.4) is 0 Å². The zero-order valence-electron chi connectivity index (χ0n) is 10.9. The number of benzene rings is 1. The smallest absolute Gasteiger partial charge is 0.00827 e. The van der Waals surface area contributed by atoms with Gasteiger partial charge in [0.1, 0.15) is 0 Å². The van der Waals surface area contributed by atoms with Crippen LogP contribution in [-0.2, 0) is 5.41 Å². The quantitative estimate of drug-likeness (QED) is 0.836. The van der Waals surface area contributed by atoms with Crippen molar-refractivity contribution in [1.29, 1.82) is 0 Å². The second kappa shape index (κ2) is 5.19. The van der Waals surface area contributed by atoms with Crippen LogP contribution in [-0.4, -0.2) is 18.6 Å². The van der Waals surface area contributed by atoms with Crippen LogP contribution in [0.2, 0.25) is 0 Å². The van der Waals surface area contributed by atoms with Crippen molar-refractivity contribution in [2.45, 2.75) is 50.6 Å². The van der Waals surface area contributed by atoms with Crippen molar-refractivity contribution in [3.05, 3.63) is 35.9 Å². The first kappa shape index (κ1) is 12.6. The van der Waals surface area contributed by atoms with Crippen LogP contribution in [0.25, 0.3) is 0 Å². The highest BCUT2D eigenvalue weighted by Crippen LogP contribution is 2.23. The first-order valence-electron chi connectivity index (χ1n) is 6.62. The van der Waals surface area contributed by atoms with Gasteiger partial charge in [-0.2, -0.15) is 0 Å². The first-order chi connectivity index (χ1) is 8.08. The number of hydrogen-bond acceptors (Lipinski definition) is 2. The summed E-state index contributed by atoms with van der Waals surface area (Å²) < 4.78 is 0. The van der Waals surface area contributed by atoms with E-state index < -0.39 is 0 Å². The lowest BCUT2D eigenvalue weighted by Crippen LogP contribution is -2.38. The largest absolute Gasteiger partial charge is 0.328 e. The molecule has 1 aliphatic rings. The molecule has 0 radical (unpaired) electrons. The molecule has 3 N–H and O–H groups in total. The van der Waals surface area contributed by atoms with E-state index in [4.69, 9.17) is 5.73 Å². The van der Waals surface area contributed by atoms with Gasteiger partial charge in [0, 0.05) is 24.0 Å². The third-order valence-electron chi connectivity index (χ3n) is 3.86. The summed E-state index contributed by atoms with van der Waals surface area (Å²) in [5.41, 5.74) is 7.52. The number of nitrogens with two attached hydrogens (primary N) is 1. The zero-order chi connectivity index (χ0) is 12.3. The van der Waals surface area contributed by atoms with Crippen molar-refractivity contribution in [3.63, 3.8) is 0 Å². The summed E-state index contributed by atoms with van der Waals surface area (Å²) in [6.45, 7) is 5.61. The summed E-state index contributed by atoms with van der Waals surface area (Å²) in [6, 6.07) is 11.7. The molecule has 2 atom stereocenters. The SMILES string of the molecule is CC(C)(CNC1CCC(N)C1)c1ccccc1. The van der Waals surface area contributed by atoms with E-state index in [9.17, 15) is 0 Å². The molecule has 1 fully saturated rings. The molecule has 0 aliphatic heterocycles. The molecule has 0 saturated heterocycles. The minimum Gasteiger partial charge on any atom is -0.328 e. The Hall–Kier alpha value is -0.860. The highest BCUT2D eigenvalue weighted by atomic mass is 14.9. The first-order valence-corrected chi connectivity index (χ1v) is 6.62. The Bertz CT molecular complexity index is 345. The maximum atomic E-state index is 5.94. The average molecular weight is 232 g/mol. The number of nitrogens with one attached hydrogen (secondary N) is 1. The van der Waals surface area contributed by atoms with E-state index in [-0.39, 0.29) is 5.41 Å². The van der Waals surface area contributed by atoms with Gasteiger partial charge >= 0.3 is 0 Å². The minimum atomic E-state index is 0.188. The lowest BCUT2D eigenvalue weighted by molar-refractivity contribution is 0.417. The summed E-state index contributed by atoms with van der Waals surface area (Å²) in [4.78, 5) is 0. The van der Waals surface area contributed by atoms with Gasteiger partial charge in [-0.15, -0.1) is 0 Å². The number of rotatable bonds is 4. The van der Waals surface area contributed by atoms with Crippen LogP contribution in [0.5, 0.6) is 0 Å². The molecule has 0 aromatic heterocycles. The Labute approximate surface area is 105 Å². The molecule has 0 bridgehead atoms. The van der Waals surface area contributed by atoms with Gasteiger partial charge < -0.3 is 11.1 Å². The summed E-state index contributed by atoms with van der Waals surface area (Å²) >= 11 is 0. The molecule has 0 amide bonds. The Morgan fingerprint density at radius 1 is 1.24 bits per heavy atom. The van der Waals surface area contributed by atoms with E-state index in [1.807, 2.05) is 0 Å². The molecule has 0 heterocycles. The van der Waals surface area contributed by atoms with Crippen molar-refractivity contribution in [2.24, 2.45) is 5.73 Å². The van der Waals surface area contributed by atoms with Gasteiger partial charge in [0.25, 0.3) is 0 Å².